The van der Waals surface area contributed by atoms with E-state index in [1.165, 1.54) is 31.5 Å². The molecule has 27 heavy (non-hydrogen) atoms. The Kier molecular flexibility index (Phi) is 6.83. The van der Waals surface area contributed by atoms with E-state index in [4.69, 9.17) is 0 Å². The number of amides is 4. The van der Waals surface area contributed by atoms with Crippen LogP contribution in [-0.2, 0) is 9.47 Å². The number of thiophene rings is 1. The summed E-state index contributed by atoms with van der Waals surface area (Å²) in [4.78, 5) is 51.0. The van der Waals surface area contributed by atoms with E-state index in [1.807, 2.05) is 0 Å². The molecule has 11 heteroatoms. The van der Waals surface area contributed by atoms with Crippen molar-refractivity contribution in [2.45, 2.75) is 6.92 Å². The van der Waals surface area contributed by atoms with Crippen LogP contribution in [0.3, 0.4) is 0 Å². The lowest BCUT2D eigenvalue weighted by molar-refractivity contribution is 0.0926. The van der Waals surface area contributed by atoms with Gasteiger partial charge in [0.2, 0.25) is 0 Å². The van der Waals surface area contributed by atoms with E-state index in [0.717, 1.165) is 11.3 Å². The number of nitrogens with one attached hydrogen (secondary N) is 3. The molecule has 0 aromatic carbocycles. The third-order valence-corrected chi connectivity index (χ3v) is 3.90. The van der Waals surface area contributed by atoms with Crippen LogP contribution < -0.4 is 16.0 Å². The zero-order valence-electron chi connectivity index (χ0n) is 14.4. The van der Waals surface area contributed by atoms with Crippen molar-refractivity contribution < 1.29 is 28.7 Å². The molecule has 0 aliphatic carbocycles. The summed E-state index contributed by atoms with van der Waals surface area (Å²) in [5.74, 6) is -1.10. The summed E-state index contributed by atoms with van der Waals surface area (Å²) in [6, 6.07) is 4.24. The SMILES string of the molecule is CCOC(=O)NC(=O)c1ccsc1NC(=O)c1ccnc(NC(=O)OC)c1. The molecular formula is C16H16N4O6S. The van der Waals surface area contributed by atoms with Crippen LogP contribution in [0.5, 0.6) is 0 Å². The molecule has 0 aliphatic heterocycles. The monoisotopic (exact) mass is 392 g/mol. The van der Waals surface area contributed by atoms with Gasteiger partial charge in [0, 0.05) is 11.8 Å². The first-order valence-corrected chi connectivity index (χ1v) is 8.50. The highest BCUT2D eigenvalue weighted by Gasteiger charge is 2.18. The fourth-order valence-electron chi connectivity index (χ4n) is 1.88. The van der Waals surface area contributed by atoms with E-state index < -0.39 is 24.0 Å². The van der Waals surface area contributed by atoms with Crippen molar-refractivity contribution in [2.75, 3.05) is 24.4 Å². The molecule has 4 amide bonds. The molecular weight excluding hydrogens is 376 g/mol. The second kappa shape index (κ2) is 9.29. The van der Waals surface area contributed by atoms with Crippen LogP contribution in [0, 0.1) is 0 Å². The number of imide groups is 1. The summed E-state index contributed by atoms with van der Waals surface area (Å²) < 4.78 is 9.11. The van der Waals surface area contributed by atoms with Crippen LogP contribution in [0.2, 0.25) is 0 Å². The third-order valence-electron chi connectivity index (χ3n) is 3.07. The number of alkyl carbamates (subject to hydrolysis) is 1. The van der Waals surface area contributed by atoms with Crippen LogP contribution in [0.1, 0.15) is 27.6 Å². The molecule has 0 fully saturated rings. The summed E-state index contributed by atoms with van der Waals surface area (Å²) in [6.07, 6.45) is -0.266. The summed E-state index contributed by atoms with van der Waals surface area (Å²) in [5.41, 5.74) is 0.310. The lowest BCUT2D eigenvalue weighted by atomic mass is 10.2. The van der Waals surface area contributed by atoms with Gasteiger partial charge in [0.1, 0.15) is 10.8 Å². The Labute approximate surface area is 157 Å². The first-order valence-electron chi connectivity index (χ1n) is 7.62. The molecule has 0 unspecified atom stereocenters. The van der Waals surface area contributed by atoms with Crippen LogP contribution in [0.4, 0.5) is 20.4 Å². The number of methoxy groups -OCH3 is 1. The minimum Gasteiger partial charge on any atom is -0.453 e. The van der Waals surface area contributed by atoms with Crippen molar-refractivity contribution in [3.63, 3.8) is 0 Å². The zero-order chi connectivity index (χ0) is 19.8. The first-order chi connectivity index (χ1) is 12.9. The zero-order valence-corrected chi connectivity index (χ0v) is 15.2. The maximum atomic E-state index is 12.4. The van der Waals surface area contributed by atoms with Gasteiger partial charge in [0.05, 0.1) is 19.3 Å². The molecule has 0 aliphatic rings. The van der Waals surface area contributed by atoms with Crippen LogP contribution in [0.15, 0.2) is 29.8 Å². The second-order valence-electron chi connectivity index (χ2n) is 4.84. The molecule has 2 aromatic rings. The van der Waals surface area contributed by atoms with Gasteiger partial charge in [-0.3, -0.25) is 20.2 Å². The van der Waals surface area contributed by atoms with Crippen LogP contribution in [0.25, 0.3) is 0 Å². The van der Waals surface area contributed by atoms with Gasteiger partial charge in [-0.15, -0.1) is 11.3 Å². The second-order valence-corrected chi connectivity index (χ2v) is 5.75. The molecule has 3 N–H and O–H groups in total. The Bertz CT molecular complexity index is 866. The quantitative estimate of drug-likeness (QED) is 0.711. The molecule has 0 atom stereocenters. The van der Waals surface area contributed by atoms with Gasteiger partial charge in [-0.1, -0.05) is 0 Å². The number of pyridine rings is 1. The Morgan fingerprint density at radius 2 is 1.89 bits per heavy atom. The minimum atomic E-state index is -0.876. The average Bonchev–Trinajstić information content (AvgIpc) is 3.10. The lowest BCUT2D eigenvalue weighted by Gasteiger charge is -2.08. The Morgan fingerprint density at radius 3 is 2.59 bits per heavy atom. The Balaban J connectivity index is 2.10. The van der Waals surface area contributed by atoms with E-state index >= 15 is 0 Å². The number of carbonyl (C=O) groups excluding carboxylic acids is 4. The van der Waals surface area contributed by atoms with Gasteiger partial charge in [-0.05, 0) is 30.5 Å². The summed E-state index contributed by atoms with van der Waals surface area (Å²) in [6.45, 7) is 1.73. The smallest absolute Gasteiger partial charge is 0.414 e. The van der Waals surface area contributed by atoms with E-state index in [-0.39, 0.29) is 28.6 Å². The lowest BCUT2D eigenvalue weighted by Crippen LogP contribution is -2.31. The largest absolute Gasteiger partial charge is 0.453 e. The van der Waals surface area contributed by atoms with Crippen molar-refractivity contribution >= 4 is 46.2 Å². The van der Waals surface area contributed by atoms with E-state index in [1.54, 1.807) is 12.3 Å². The van der Waals surface area contributed by atoms with Gasteiger partial charge in [0.25, 0.3) is 11.8 Å². The summed E-state index contributed by atoms with van der Waals surface area (Å²) in [7, 11) is 1.20. The highest BCUT2D eigenvalue weighted by molar-refractivity contribution is 7.14. The Hall–Kier alpha value is -3.47. The highest BCUT2D eigenvalue weighted by atomic mass is 32.1. The third kappa shape index (κ3) is 5.51. The number of anilines is 2. The summed E-state index contributed by atoms with van der Waals surface area (Å²) in [5, 5.41) is 8.82. The molecule has 0 saturated heterocycles. The number of carbonyl (C=O) groups is 4. The number of hydrogen-bond acceptors (Lipinski definition) is 8. The minimum absolute atomic E-state index is 0.114. The first kappa shape index (κ1) is 19.8. The predicted octanol–water partition coefficient (Wildman–Crippen LogP) is 2.46. The normalized spacial score (nSPS) is 9.85. The molecule has 0 bridgehead atoms. The molecule has 2 heterocycles. The predicted molar refractivity (Wildman–Crippen MR) is 97.0 cm³/mol. The Morgan fingerprint density at radius 1 is 1.11 bits per heavy atom. The molecule has 10 nitrogen and oxygen atoms in total. The van der Waals surface area contributed by atoms with Gasteiger partial charge < -0.3 is 14.8 Å². The fourth-order valence-corrected chi connectivity index (χ4v) is 2.66. The number of nitrogens with zero attached hydrogens (tertiary/aromatic N) is 1. The number of rotatable bonds is 5. The van der Waals surface area contributed by atoms with E-state index in [9.17, 15) is 19.2 Å². The van der Waals surface area contributed by atoms with Crippen molar-refractivity contribution in [3.8, 4) is 0 Å². The van der Waals surface area contributed by atoms with Gasteiger partial charge >= 0.3 is 12.2 Å². The van der Waals surface area contributed by atoms with E-state index in [2.05, 4.69) is 30.4 Å². The molecule has 2 aromatic heterocycles. The summed E-state index contributed by atoms with van der Waals surface area (Å²) >= 11 is 1.11. The molecule has 2 rings (SSSR count). The van der Waals surface area contributed by atoms with Crippen molar-refractivity contribution in [1.82, 2.24) is 10.3 Å². The molecule has 0 saturated carbocycles. The maximum Gasteiger partial charge on any atom is 0.414 e. The van der Waals surface area contributed by atoms with Gasteiger partial charge in [-0.25, -0.2) is 14.6 Å². The number of aromatic nitrogens is 1. The van der Waals surface area contributed by atoms with Gasteiger partial charge in [0.15, 0.2) is 0 Å². The van der Waals surface area contributed by atoms with Gasteiger partial charge in [-0.2, -0.15) is 0 Å². The average molecular weight is 392 g/mol. The number of hydrogen-bond donors (Lipinski definition) is 3. The van der Waals surface area contributed by atoms with Crippen LogP contribution >= 0.6 is 11.3 Å². The fraction of sp³-hybridized carbons (Fsp3) is 0.188. The standard InChI is InChI=1S/C16H16N4O6S/c1-3-26-16(24)20-13(22)10-5-7-27-14(10)19-12(21)9-4-6-17-11(8-9)18-15(23)25-2/h4-8H,3H2,1-2H3,(H,19,21)(H,17,18,23)(H,20,22,24). The van der Waals surface area contributed by atoms with Crippen LogP contribution in [-0.4, -0.2) is 42.7 Å². The topological polar surface area (TPSA) is 136 Å². The molecule has 142 valence electrons. The number of ether oxygens (including phenoxy) is 2. The molecule has 0 spiro atoms. The van der Waals surface area contributed by atoms with Crippen molar-refractivity contribution in [1.29, 1.82) is 0 Å². The highest BCUT2D eigenvalue weighted by Crippen LogP contribution is 2.24. The molecule has 0 radical (unpaired) electrons. The van der Waals surface area contributed by atoms with Crippen molar-refractivity contribution in [2.24, 2.45) is 0 Å². The van der Waals surface area contributed by atoms with Crippen molar-refractivity contribution in [3.05, 3.63) is 40.9 Å². The van der Waals surface area contributed by atoms with E-state index in [0.29, 0.717) is 0 Å². The maximum absolute atomic E-state index is 12.4.